The molecule has 1 aromatic heterocycles. The summed E-state index contributed by atoms with van der Waals surface area (Å²) in [7, 11) is 0. The largest absolute Gasteiger partial charge is 0.493 e. The molecule has 0 amide bonds. The van der Waals surface area contributed by atoms with Crippen LogP contribution in [-0.2, 0) is 6.54 Å². The summed E-state index contributed by atoms with van der Waals surface area (Å²) in [5.41, 5.74) is 3.61. The smallest absolute Gasteiger partial charge is 0.126 e. The van der Waals surface area contributed by atoms with Crippen LogP contribution in [0.25, 0.3) is 0 Å². The lowest BCUT2D eigenvalue weighted by atomic mass is 9.97. The van der Waals surface area contributed by atoms with Crippen LogP contribution < -0.4 is 15.4 Å². The number of nitrogens with one attached hydrogen (secondary N) is 2. The maximum atomic E-state index is 5.86. The SMILES string of the molecule is Cc1cc2n(n1)CC(CNC1CCOc3c(C)cccc31)CN2. The van der Waals surface area contributed by atoms with Crippen molar-refractivity contribution < 1.29 is 4.74 Å². The average Bonchev–Trinajstić information content (AvgIpc) is 2.92. The van der Waals surface area contributed by atoms with Gasteiger partial charge in [0.2, 0.25) is 0 Å². The highest BCUT2D eigenvalue weighted by molar-refractivity contribution is 5.44. The predicted octanol–water partition coefficient (Wildman–Crippen LogP) is 2.66. The van der Waals surface area contributed by atoms with Crippen LogP contribution in [0.1, 0.15) is 29.3 Å². The fraction of sp³-hybridized carbons (Fsp3) is 0.500. The van der Waals surface area contributed by atoms with Crippen LogP contribution in [0, 0.1) is 19.8 Å². The standard InChI is InChI=1S/C18H24N4O/c1-12-4-3-5-15-16(6-7-23-18(12)15)19-9-14-10-20-17-8-13(2)21-22(17)11-14/h3-5,8,14,16,19-20H,6-7,9-11H2,1-2H3. The molecule has 0 saturated heterocycles. The number of nitrogens with zero attached hydrogens (tertiary/aromatic N) is 2. The van der Waals surface area contributed by atoms with E-state index in [2.05, 4.69) is 51.6 Å². The first kappa shape index (κ1) is 14.6. The highest BCUT2D eigenvalue weighted by atomic mass is 16.5. The van der Waals surface area contributed by atoms with Gasteiger partial charge in [0.25, 0.3) is 0 Å². The first-order valence-corrected chi connectivity index (χ1v) is 8.45. The van der Waals surface area contributed by atoms with Gasteiger partial charge in [-0.05, 0) is 19.4 Å². The minimum atomic E-state index is 0.388. The van der Waals surface area contributed by atoms with Crippen molar-refractivity contribution in [3.63, 3.8) is 0 Å². The van der Waals surface area contributed by atoms with Crippen molar-refractivity contribution >= 4 is 5.82 Å². The van der Waals surface area contributed by atoms with Gasteiger partial charge in [0.15, 0.2) is 0 Å². The molecule has 0 radical (unpaired) electrons. The third-order valence-corrected chi connectivity index (χ3v) is 4.83. The van der Waals surface area contributed by atoms with Gasteiger partial charge in [-0.15, -0.1) is 0 Å². The van der Waals surface area contributed by atoms with Crippen LogP contribution in [0.3, 0.4) is 0 Å². The first-order chi connectivity index (χ1) is 11.2. The molecule has 122 valence electrons. The highest BCUT2D eigenvalue weighted by Gasteiger charge is 2.25. The van der Waals surface area contributed by atoms with Crippen LogP contribution in [0.15, 0.2) is 24.3 Å². The minimum absolute atomic E-state index is 0.388. The summed E-state index contributed by atoms with van der Waals surface area (Å²) in [4.78, 5) is 0. The van der Waals surface area contributed by atoms with Gasteiger partial charge in [0.05, 0.1) is 12.3 Å². The fourth-order valence-corrected chi connectivity index (χ4v) is 3.62. The fourth-order valence-electron chi connectivity index (χ4n) is 3.62. The summed E-state index contributed by atoms with van der Waals surface area (Å²) in [6.07, 6.45) is 1.03. The van der Waals surface area contributed by atoms with Gasteiger partial charge in [-0.1, -0.05) is 18.2 Å². The maximum absolute atomic E-state index is 5.86. The van der Waals surface area contributed by atoms with Crippen molar-refractivity contribution in [2.24, 2.45) is 5.92 Å². The van der Waals surface area contributed by atoms with Gasteiger partial charge < -0.3 is 15.4 Å². The molecule has 23 heavy (non-hydrogen) atoms. The molecule has 3 heterocycles. The van der Waals surface area contributed by atoms with Crippen LogP contribution in [-0.4, -0.2) is 29.5 Å². The van der Waals surface area contributed by atoms with E-state index in [1.165, 1.54) is 11.1 Å². The molecule has 0 aliphatic carbocycles. The van der Waals surface area contributed by atoms with E-state index < -0.39 is 0 Å². The molecule has 2 aromatic rings. The second kappa shape index (κ2) is 5.89. The molecule has 5 nitrogen and oxygen atoms in total. The monoisotopic (exact) mass is 312 g/mol. The topological polar surface area (TPSA) is 51.1 Å². The molecule has 0 spiro atoms. The van der Waals surface area contributed by atoms with Crippen LogP contribution >= 0.6 is 0 Å². The Hall–Kier alpha value is -2.01. The summed E-state index contributed by atoms with van der Waals surface area (Å²) in [5.74, 6) is 2.77. The summed E-state index contributed by atoms with van der Waals surface area (Å²) in [6, 6.07) is 8.93. The second-order valence-electron chi connectivity index (χ2n) is 6.69. The number of aryl methyl sites for hydroxylation is 2. The van der Waals surface area contributed by atoms with E-state index in [1.54, 1.807) is 0 Å². The Balaban J connectivity index is 1.42. The van der Waals surface area contributed by atoms with Crippen LogP contribution in [0.4, 0.5) is 5.82 Å². The molecule has 2 aliphatic heterocycles. The van der Waals surface area contributed by atoms with Gasteiger partial charge in [-0.2, -0.15) is 5.10 Å². The Morgan fingerprint density at radius 3 is 3.22 bits per heavy atom. The minimum Gasteiger partial charge on any atom is -0.493 e. The number of ether oxygens (including phenoxy) is 1. The third kappa shape index (κ3) is 2.81. The summed E-state index contributed by atoms with van der Waals surface area (Å²) >= 11 is 0. The number of anilines is 1. The zero-order valence-electron chi connectivity index (χ0n) is 13.8. The number of aromatic nitrogens is 2. The van der Waals surface area contributed by atoms with E-state index >= 15 is 0 Å². The zero-order valence-corrected chi connectivity index (χ0v) is 13.8. The molecule has 2 aliphatic rings. The van der Waals surface area contributed by atoms with Crippen molar-refractivity contribution in [1.29, 1.82) is 0 Å². The maximum Gasteiger partial charge on any atom is 0.126 e. The molecule has 2 unspecified atom stereocenters. The molecule has 1 aromatic carbocycles. The quantitative estimate of drug-likeness (QED) is 0.915. The third-order valence-electron chi connectivity index (χ3n) is 4.83. The van der Waals surface area contributed by atoms with E-state index in [0.29, 0.717) is 12.0 Å². The van der Waals surface area contributed by atoms with E-state index in [-0.39, 0.29) is 0 Å². The van der Waals surface area contributed by atoms with E-state index in [0.717, 1.165) is 49.9 Å². The van der Waals surface area contributed by atoms with Gasteiger partial charge >= 0.3 is 0 Å². The molecule has 2 N–H and O–H groups in total. The van der Waals surface area contributed by atoms with E-state index in [9.17, 15) is 0 Å². The highest BCUT2D eigenvalue weighted by Crippen LogP contribution is 2.34. The number of rotatable bonds is 3. The summed E-state index contributed by atoms with van der Waals surface area (Å²) in [5, 5.41) is 11.8. The van der Waals surface area contributed by atoms with Gasteiger partial charge in [0.1, 0.15) is 11.6 Å². The number of hydrogen-bond acceptors (Lipinski definition) is 4. The van der Waals surface area contributed by atoms with Gasteiger partial charge in [0, 0.05) is 49.6 Å². The first-order valence-electron chi connectivity index (χ1n) is 8.45. The lowest BCUT2D eigenvalue weighted by Crippen LogP contribution is -2.38. The molecule has 2 atom stereocenters. The number of hydrogen-bond donors (Lipinski definition) is 2. The Bertz CT molecular complexity index is 709. The predicted molar refractivity (Wildman–Crippen MR) is 91.0 cm³/mol. The van der Waals surface area contributed by atoms with Gasteiger partial charge in [-0.3, -0.25) is 0 Å². The molecule has 0 bridgehead atoms. The van der Waals surface area contributed by atoms with Crippen LogP contribution in [0.5, 0.6) is 5.75 Å². The lowest BCUT2D eigenvalue weighted by Gasteiger charge is -2.31. The Morgan fingerprint density at radius 1 is 1.39 bits per heavy atom. The number of fused-ring (bicyclic) bond motifs is 2. The van der Waals surface area contributed by atoms with Crippen molar-refractivity contribution in [3.05, 3.63) is 41.1 Å². The van der Waals surface area contributed by atoms with Crippen molar-refractivity contribution in [2.75, 3.05) is 25.0 Å². The normalized spacial score (nSPS) is 22.7. The van der Waals surface area contributed by atoms with Crippen molar-refractivity contribution in [2.45, 2.75) is 32.9 Å². The Kier molecular flexibility index (Phi) is 3.73. The molecule has 4 rings (SSSR count). The Morgan fingerprint density at radius 2 is 2.30 bits per heavy atom. The van der Waals surface area contributed by atoms with Crippen molar-refractivity contribution in [1.82, 2.24) is 15.1 Å². The second-order valence-corrected chi connectivity index (χ2v) is 6.69. The molecule has 0 saturated carbocycles. The van der Waals surface area contributed by atoms with Crippen LogP contribution in [0.2, 0.25) is 0 Å². The van der Waals surface area contributed by atoms with Crippen molar-refractivity contribution in [3.8, 4) is 5.75 Å². The molecular weight excluding hydrogens is 288 g/mol. The molecule has 0 fully saturated rings. The average molecular weight is 312 g/mol. The summed E-state index contributed by atoms with van der Waals surface area (Å²) in [6.45, 7) is 7.93. The molecular formula is C18H24N4O. The number of benzene rings is 1. The number of para-hydroxylation sites is 1. The molecule has 5 heteroatoms. The summed E-state index contributed by atoms with van der Waals surface area (Å²) < 4.78 is 7.95. The zero-order chi connectivity index (χ0) is 15.8. The van der Waals surface area contributed by atoms with E-state index in [4.69, 9.17) is 4.74 Å². The van der Waals surface area contributed by atoms with E-state index in [1.807, 2.05) is 6.92 Å². The van der Waals surface area contributed by atoms with Gasteiger partial charge in [-0.25, -0.2) is 4.68 Å². The lowest BCUT2D eigenvalue weighted by molar-refractivity contribution is 0.244. The Labute approximate surface area is 137 Å².